The van der Waals surface area contributed by atoms with E-state index in [4.69, 9.17) is 41.9 Å². The first-order valence-electron chi connectivity index (χ1n) is 26.6. The molecule has 2 aromatic carbocycles. The van der Waals surface area contributed by atoms with Crippen LogP contribution in [0.4, 0.5) is 4.79 Å². The summed E-state index contributed by atoms with van der Waals surface area (Å²) in [5.41, 5.74) is 19.7. The lowest BCUT2D eigenvalue weighted by Gasteiger charge is -2.29. The molecule has 0 spiro atoms. The number of primary amides is 2. The van der Waals surface area contributed by atoms with Crippen LogP contribution in [0.15, 0.2) is 93.6 Å². The molecule has 2 aliphatic rings. The number of aryl methyl sites for hydroxylation is 1. The van der Waals surface area contributed by atoms with Crippen molar-refractivity contribution in [1.29, 1.82) is 0 Å². The number of benzene rings is 2. The number of aromatic hydroxyl groups is 1. The van der Waals surface area contributed by atoms with Gasteiger partial charge in [0, 0.05) is 62.8 Å². The van der Waals surface area contributed by atoms with E-state index in [1.165, 1.54) is 55.8 Å². The quantitative estimate of drug-likeness (QED) is 0.0708. The summed E-state index contributed by atoms with van der Waals surface area (Å²) in [6, 6.07) is 13.5. The van der Waals surface area contributed by atoms with Crippen molar-refractivity contribution >= 4 is 110 Å². The zero-order valence-electron chi connectivity index (χ0n) is 45.7. The van der Waals surface area contributed by atoms with Gasteiger partial charge in [0.2, 0.25) is 11.8 Å². The van der Waals surface area contributed by atoms with Crippen LogP contribution in [0, 0.1) is 12.8 Å². The number of nitrogens with one attached hydrogen (secondary N) is 4. The Morgan fingerprint density at radius 2 is 1.36 bits per heavy atom. The van der Waals surface area contributed by atoms with E-state index in [1.54, 1.807) is 72.3 Å². The fraction of sp³-hybridized carbons (Fsp3) is 0.250. The topological polar surface area (TPSA) is 389 Å². The van der Waals surface area contributed by atoms with Crippen molar-refractivity contribution in [1.82, 2.24) is 61.1 Å². The van der Waals surface area contributed by atoms with Gasteiger partial charge in [-0.1, -0.05) is 49.4 Å². The van der Waals surface area contributed by atoms with Gasteiger partial charge in [0.1, 0.15) is 99.9 Å². The summed E-state index contributed by atoms with van der Waals surface area (Å²) >= 11 is 6.79. The van der Waals surface area contributed by atoms with Gasteiger partial charge in [-0.3, -0.25) is 28.8 Å². The molecule has 1 fully saturated rings. The molecule has 31 heteroatoms. The fourth-order valence-electron chi connectivity index (χ4n) is 9.79. The first-order chi connectivity index (χ1) is 41.9. The molecule has 2 aliphatic heterocycles. The van der Waals surface area contributed by atoms with Crippen LogP contribution in [0.3, 0.4) is 0 Å². The maximum atomic E-state index is 15.5. The van der Waals surface area contributed by atoms with Gasteiger partial charge in [0.25, 0.3) is 23.6 Å². The van der Waals surface area contributed by atoms with Crippen LogP contribution in [0.5, 0.6) is 5.75 Å². The Hall–Kier alpha value is -8.82. The lowest BCUT2D eigenvalue weighted by atomic mass is 10.00. The Bertz CT molecular complexity index is 4090. The van der Waals surface area contributed by atoms with Crippen molar-refractivity contribution < 1.29 is 48.5 Å². The molecular weight excluding hydrogens is 1240 g/mol. The van der Waals surface area contributed by atoms with Crippen LogP contribution in [0.2, 0.25) is 0 Å². The van der Waals surface area contributed by atoms with Crippen molar-refractivity contribution in [2.45, 2.75) is 63.1 Å². The Morgan fingerprint density at radius 3 is 2.09 bits per heavy atom. The zero-order valence-corrected chi connectivity index (χ0v) is 50.6. The van der Waals surface area contributed by atoms with Crippen LogP contribution in [-0.4, -0.2) is 123 Å². The molecule has 446 valence electrons. The van der Waals surface area contributed by atoms with E-state index in [2.05, 4.69) is 36.2 Å². The fourth-order valence-corrected chi connectivity index (χ4v) is 15.1. The van der Waals surface area contributed by atoms with E-state index < -0.39 is 90.3 Å². The third-order valence-corrected chi connectivity index (χ3v) is 19.6. The molecule has 9 heterocycles. The standard InChI is InChI=1S/C56H51N15O10S6/c1-24-38(81-56(80)60-15-14-57)18-71-43(24)54-68-37(23-86-54)51-64-33(19-83-51)41-29(12-13-30(61-41)50-65-34(20-84-50)45(59)75)49-66-35(21-82-49)46(76)62-31(17-39(58)73)52-70-40(25(2)87-52)48(78)69-42(44(74)27-6-4-3-5-7-27)53-67-36(22-85-53)47(77)63-32(55(71)79)16-26-8-10-28(72)11-9-26/h3-13,19-24,31-32,38,42-44,72,74H,14-18,57H2,1-2H3,(H2,58,73)(H2,59,75)(H,60,80)(H,62,76)(H,63,77)(H,69,78)/t24-,31-,32-,38-,42-,43-,44+/m0/s1. The van der Waals surface area contributed by atoms with Crippen LogP contribution in [0.25, 0.3) is 43.4 Å². The number of thiazole rings is 6. The molecule has 0 saturated carbocycles. The maximum absolute atomic E-state index is 15.5. The van der Waals surface area contributed by atoms with Gasteiger partial charge < -0.3 is 58.3 Å². The largest absolute Gasteiger partial charge is 0.508 e. The number of rotatable bonds is 11. The van der Waals surface area contributed by atoms with Crippen molar-refractivity contribution in [3.8, 4) is 49.1 Å². The number of aliphatic hydroxyl groups is 1. The van der Waals surface area contributed by atoms with E-state index in [1.807, 2.05) is 6.92 Å². The number of carbonyl (C=O) groups is 7. The number of nitrogens with zero attached hydrogens (tertiary/aromatic N) is 8. The Balaban J connectivity index is 1.03. The molecule has 7 amide bonds. The van der Waals surface area contributed by atoms with E-state index >= 15 is 4.79 Å². The molecule has 10 bridgehead atoms. The highest BCUT2D eigenvalue weighted by Crippen LogP contribution is 2.44. The Morgan fingerprint density at radius 1 is 0.701 bits per heavy atom. The number of alkyl carbamates (subject to hydrolysis) is 1. The van der Waals surface area contributed by atoms with Crippen LogP contribution >= 0.6 is 68.0 Å². The number of aromatic nitrogens is 7. The molecule has 9 aromatic rings. The molecule has 11 rings (SSSR count). The molecule has 0 aliphatic carbocycles. The van der Waals surface area contributed by atoms with Crippen molar-refractivity contribution in [2.75, 3.05) is 19.6 Å². The number of phenolic OH excluding ortho intramolecular Hbond substituents is 1. The summed E-state index contributed by atoms with van der Waals surface area (Å²) < 4.78 is 5.95. The number of pyridine rings is 1. The predicted octanol–water partition coefficient (Wildman–Crippen LogP) is 6.08. The van der Waals surface area contributed by atoms with Gasteiger partial charge in [0.05, 0.1) is 30.7 Å². The smallest absolute Gasteiger partial charge is 0.407 e. The second kappa shape index (κ2) is 25.6. The second-order valence-electron chi connectivity index (χ2n) is 20.0. The summed E-state index contributed by atoms with van der Waals surface area (Å²) in [6.45, 7) is 3.61. The number of hydrogen-bond acceptors (Lipinski definition) is 24. The molecular formula is C56H51N15O10S6. The number of nitrogens with two attached hydrogens (primary N) is 3. The summed E-state index contributed by atoms with van der Waals surface area (Å²) in [7, 11) is 0. The van der Waals surface area contributed by atoms with Crippen molar-refractivity contribution in [2.24, 2.45) is 23.1 Å². The normalized spacial score (nSPS) is 19.3. The number of aliphatic hydroxyl groups excluding tert-OH is 1. The molecule has 1 saturated heterocycles. The minimum atomic E-state index is -1.43. The third kappa shape index (κ3) is 13.0. The Labute approximate surface area is 518 Å². The highest BCUT2D eigenvalue weighted by atomic mass is 32.1. The molecule has 25 nitrogen and oxygen atoms in total. The predicted molar refractivity (Wildman–Crippen MR) is 326 cm³/mol. The van der Waals surface area contributed by atoms with Crippen LogP contribution in [0.1, 0.15) is 111 Å². The van der Waals surface area contributed by atoms with Crippen molar-refractivity contribution in [3.63, 3.8) is 0 Å². The molecule has 7 aromatic heterocycles. The summed E-state index contributed by atoms with van der Waals surface area (Å²) in [5.74, 6) is -4.91. The average molecular weight is 1290 g/mol. The molecule has 87 heavy (non-hydrogen) atoms. The van der Waals surface area contributed by atoms with Gasteiger partial charge in [-0.05, 0) is 42.3 Å². The second-order valence-corrected chi connectivity index (χ2v) is 25.6. The number of fused-ring (bicyclic) bond motifs is 16. The molecule has 12 N–H and O–H groups in total. The van der Waals surface area contributed by atoms with Gasteiger partial charge >= 0.3 is 6.09 Å². The molecule has 7 atom stereocenters. The summed E-state index contributed by atoms with van der Waals surface area (Å²) in [5, 5.41) is 43.4. The lowest BCUT2D eigenvalue weighted by molar-refractivity contribution is -0.134. The Kier molecular flexibility index (Phi) is 17.6. The average Bonchev–Trinajstić information content (AvgIpc) is 1.86. The number of carbonyl (C=O) groups excluding carboxylic acids is 7. The van der Waals surface area contributed by atoms with Gasteiger partial charge in [-0.25, -0.2) is 39.7 Å². The highest BCUT2D eigenvalue weighted by Gasteiger charge is 2.48. The molecule has 0 radical (unpaired) electrons. The van der Waals surface area contributed by atoms with Gasteiger partial charge in [-0.2, -0.15) is 0 Å². The van der Waals surface area contributed by atoms with Gasteiger partial charge in [-0.15, -0.1) is 68.0 Å². The number of ether oxygens (including phenoxy) is 1. The van der Waals surface area contributed by atoms with E-state index in [9.17, 15) is 39.0 Å². The summed E-state index contributed by atoms with van der Waals surface area (Å²) in [6.07, 6.45) is -3.54. The molecule has 0 unspecified atom stereocenters. The number of amides is 7. The maximum Gasteiger partial charge on any atom is 0.407 e. The number of phenols is 1. The highest BCUT2D eigenvalue weighted by molar-refractivity contribution is 7.15. The van der Waals surface area contributed by atoms with E-state index in [0.29, 0.717) is 64.4 Å². The minimum Gasteiger partial charge on any atom is -0.508 e. The van der Waals surface area contributed by atoms with Gasteiger partial charge in [0.15, 0.2) is 0 Å². The monoisotopic (exact) mass is 1290 g/mol. The lowest BCUT2D eigenvalue weighted by Crippen LogP contribution is -2.50. The van der Waals surface area contributed by atoms with E-state index in [0.717, 1.165) is 45.3 Å². The summed E-state index contributed by atoms with van der Waals surface area (Å²) in [4.78, 5) is 132. The third-order valence-electron chi connectivity index (χ3n) is 14.1. The SMILES string of the molecule is Cc1sc2nc1C(=O)N[C@@H]([C@H](O)c1ccccc1)c1nc(cs1)C(=O)N[C@@H](Cc1ccc(O)cc1)C(=O)N1C[C@H](OC(=O)NCCN)[C@H](C)[C@H]1c1nc(cs1)-c1nc(cs1)-c1nc(-c3nc(C(N)=O)cs3)ccc1-c1nc(cs1)C(=O)N[C@H]2CC(N)=O. The first-order valence-corrected chi connectivity index (χ1v) is 31.8. The van der Waals surface area contributed by atoms with Crippen molar-refractivity contribution in [3.05, 3.63) is 147 Å². The zero-order chi connectivity index (χ0) is 61.2. The van der Waals surface area contributed by atoms with Crippen LogP contribution in [-0.2, 0) is 20.7 Å². The number of hydrogen-bond donors (Lipinski definition) is 9. The minimum absolute atomic E-state index is 0.0248. The van der Waals surface area contributed by atoms with Crippen LogP contribution < -0.4 is 38.5 Å². The first kappa shape index (κ1) is 59.9. The van der Waals surface area contributed by atoms with E-state index in [-0.39, 0.29) is 64.6 Å².